The Morgan fingerprint density at radius 1 is 1.24 bits per heavy atom. The van der Waals surface area contributed by atoms with E-state index in [9.17, 15) is 14.3 Å². The number of carbonyl (C=O) groups is 1. The molecule has 2 aromatic carbocycles. The second-order valence-electron chi connectivity index (χ2n) is 8.17. The van der Waals surface area contributed by atoms with Gasteiger partial charge in [-0.15, -0.1) is 0 Å². The van der Waals surface area contributed by atoms with Crippen molar-refractivity contribution < 1.29 is 28.5 Å². The molecule has 1 aliphatic rings. The van der Waals surface area contributed by atoms with E-state index >= 15 is 0 Å². The van der Waals surface area contributed by atoms with Crippen molar-refractivity contribution in [2.24, 2.45) is 0 Å². The number of halogens is 1. The lowest BCUT2D eigenvalue weighted by molar-refractivity contribution is -0.135. The first-order valence-corrected chi connectivity index (χ1v) is 11.2. The molecule has 1 saturated heterocycles. The van der Waals surface area contributed by atoms with Crippen molar-refractivity contribution in [3.8, 4) is 5.75 Å². The number of β-amino-alcohol motifs (C(OH)–C–C–N with tert-alkyl or cyclic N) is 1. The average molecular weight is 461 g/mol. The third-order valence-corrected chi connectivity index (χ3v) is 5.49. The molecule has 2 atom stereocenters. The van der Waals surface area contributed by atoms with Crippen LogP contribution < -0.4 is 4.74 Å². The quantitative estimate of drug-likeness (QED) is 0.522. The molecule has 7 nitrogen and oxygen atoms in total. The Bertz CT molecular complexity index is 836. The van der Waals surface area contributed by atoms with Gasteiger partial charge >= 0.3 is 0 Å². The third-order valence-electron chi connectivity index (χ3n) is 5.49. The van der Waals surface area contributed by atoms with E-state index in [0.29, 0.717) is 58.1 Å². The summed E-state index contributed by atoms with van der Waals surface area (Å²) in [6.45, 7) is 3.79. The summed E-state index contributed by atoms with van der Waals surface area (Å²) in [5, 5.41) is 10.4. The predicted octanol–water partition coefficient (Wildman–Crippen LogP) is 1.98. The lowest BCUT2D eigenvalue weighted by Gasteiger charge is -2.36. The van der Waals surface area contributed by atoms with E-state index in [2.05, 4.69) is 4.90 Å². The van der Waals surface area contributed by atoms with Crippen molar-refractivity contribution in [2.75, 3.05) is 59.7 Å². The van der Waals surface area contributed by atoms with Gasteiger partial charge in [-0.3, -0.25) is 9.69 Å². The van der Waals surface area contributed by atoms with Crippen LogP contribution in [0.3, 0.4) is 0 Å². The van der Waals surface area contributed by atoms with Crippen molar-refractivity contribution in [1.82, 2.24) is 9.80 Å². The lowest BCUT2D eigenvalue weighted by Crippen LogP contribution is -2.51. The van der Waals surface area contributed by atoms with E-state index in [-0.39, 0.29) is 24.4 Å². The zero-order valence-corrected chi connectivity index (χ0v) is 19.1. The van der Waals surface area contributed by atoms with Crippen LogP contribution in [-0.4, -0.2) is 92.7 Å². The summed E-state index contributed by atoms with van der Waals surface area (Å²) in [7, 11) is 1.62. The van der Waals surface area contributed by atoms with Gasteiger partial charge in [-0.1, -0.05) is 30.3 Å². The van der Waals surface area contributed by atoms with Gasteiger partial charge in [-0.2, -0.15) is 0 Å². The van der Waals surface area contributed by atoms with Crippen molar-refractivity contribution in [3.63, 3.8) is 0 Å². The Kier molecular flexibility index (Phi) is 10.1. The van der Waals surface area contributed by atoms with E-state index < -0.39 is 6.10 Å². The van der Waals surface area contributed by atoms with Crippen LogP contribution in [0.25, 0.3) is 0 Å². The number of nitrogens with zero attached hydrogens (tertiary/aromatic N) is 2. The smallest absolute Gasteiger partial charge is 0.227 e. The van der Waals surface area contributed by atoms with Gasteiger partial charge in [0, 0.05) is 39.8 Å². The molecule has 1 amide bonds. The van der Waals surface area contributed by atoms with E-state index in [1.165, 1.54) is 24.3 Å². The molecule has 3 rings (SSSR count). The number of rotatable bonds is 12. The first kappa shape index (κ1) is 25.1. The maximum absolute atomic E-state index is 13.0. The van der Waals surface area contributed by atoms with Crippen LogP contribution in [0.1, 0.15) is 5.56 Å². The second kappa shape index (κ2) is 13.3. The second-order valence-corrected chi connectivity index (χ2v) is 8.17. The van der Waals surface area contributed by atoms with Crippen LogP contribution in [0.2, 0.25) is 0 Å². The highest BCUT2D eigenvalue weighted by Gasteiger charge is 2.26. The zero-order valence-electron chi connectivity index (χ0n) is 19.1. The maximum Gasteiger partial charge on any atom is 0.227 e. The van der Waals surface area contributed by atoms with Crippen molar-refractivity contribution in [1.29, 1.82) is 0 Å². The van der Waals surface area contributed by atoms with Crippen LogP contribution >= 0.6 is 0 Å². The Morgan fingerprint density at radius 2 is 2.00 bits per heavy atom. The SMILES string of the molecule is COCCN(C[C@H]1CN(C[C@@H](O)COc2ccc(F)cc2)CCO1)C(=O)Cc1ccccc1. The number of benzene rings is 2. The predicted molar refractivity (Wildman–Crippen MR) is 123 cm³/mol. The molecule has 0 radical (unpaired) electrons. The highest BCUT2D eigenvalue weighted by Crippen LogP contribution is 2.13. The number of amides is 1. The summed E-state index contributed by atoms with van der Waals surface area (Å²) >= 11 is 0. The Balaban J connectivity index is 1.48. The fraction of sp³-hybridized carbons (Fsp3) is 0.480. The number of aliphatic hydroxyl groups is 1. The van der Waals surface area contributed by atoms with Crippen LogP contribution in [0.15, 0.2) is 54.6 Å². The average Bonchev–Trinajstić information content (AvgIpc) is 2.82. The van der Waals surface area contributed by atoms with Gasteiger partial charge in [0.1, 0.15) is 24.3 Å². The zero-order chi connectivity index (χ0) is 23.5. The first-order valence-electron chi connectivity index (χ1n) is 11.2. The molecule has 0 aliphatic carbocycles. The van der Waals surface area contributed by atoms with E-state index in [4.69, 9.17) is 14.2 Å². The summed E-state index contributed by atoms with van der Waals surface area (Å²) in [4.78, 5) is 16.8. The van der Waals surface area contributed by atoms with Gasteiger partial charge in [0.05, 0.1) is 25.7 Å². The fourth-order valence-electron chi connectivity index (χ4n) is 3.78. The molecule has 33 heavy (non-hydrogen) atoms. The van der Waals surface area contributed by atoms with Crippen LogP contribution in [0, 0.1) is 5.82 Å². The highest BCUT2D eigenvalue weighted by atomic mass is 19.1. The molecule has 8 heteroatoms. The monoisotopic (exact) mass is 460 g/mol. The molecule has 0 aromatic heterocycles. The topological polar surface area (TPSA) is 71.5 Å². The standard InChI is InChI=1S/C25H33FN2O5/c1-31-13-12-28(25(30)15-20-5-3-2-4-6-20)18-24-17-27(11-14-32-24)16-22(29)19-33-23-9-7-21(26)8-10-23/h2-10,22,24,29H,11-19H2,1H3/t22-,24-/m1/s1. The molecule has 0 bridgehead atoms. The summed E-state index contributed by atoms with van der Waals surface area (Å²) < 4.78 is 29.7. The number of ether oxygens (including phenoxy) is 3. The minimum Gasteiger partial charge on any atom is -0.491 e. The minimum absolute atomic E-state index is 0.0340. The molecule has 180 valence electrons. The van der Waals surface area contributed by atoms with E-state index in [0.717, 1.165) is 5.56 Å². The molecule has 2 aromatic rings. The number of hydrogen-bond donors (Lipinski definition) is 1. The van der Waals surface area contributed by atoms with Crippen molar-refractivity contribution in [2.45, 2.75) is 18.6 Å². The largest absolute Gasteiger partial charge is 0.491 e. The molecule has 0 spiro atoms. The van der Waals surface area contributed by atoms with Crippen molar-refractivity contribution >= 4 is 5.91 Å². The van der Waals surface area contributed by atoms with E-state index in [1.807, 2.05) is 30.3 Å². The van der Waals surface area contributed by atoms with Crippen LogP contribution in [-0.2, 0) is 20.7 Å². The molecular formula is C25H33FN2O5. The lowest BCUT2D eigenvalue weighted by atomic mass is 10.1. The summed E-state index contributed by atoms with van der Waals surface area (Å²) in [5.74, 6) is 0.219. The Hall–Kier alpha value is -2.52. The molecule has 1 aliphatic heterocycles. The van der Waals surface area contributed by atoms with Gasteiger partial charge in [-0.05, 0) is 29.8 Å². The maximum atomic E-state index is 13.0. The Morgan fingerprint density at radius 3 is 2.73 bits per heavy atom. The van der Waals surface area contributed by atoms with Gasteiger partial charge in [0.25, 0.3) is 0 Å². The molecule has 0 saturated carbocycles. The molecular weight excluding hydrogens is 427 g/mol. The summed E-state index contributed by atoms with van der Waals surface area (Å²) in [6, 6.07) is 15.4. The number of methoxy groups -OCH3 is 1. The van der Waals surface area contributed by atoms with Gasteiger partial charge < -0.3 is 24.2 Å². The highest BCUT2D eigenvalue weighted by molar-refractivity contribution is 5.78. The summed E-state index contributed by atoms with van der Waals surface area (Å²) in [5.41, 5.74) is 0.973. The normalized spacial score (nSPS) is 17.5. The molecule has 1 heterocycles. The third kappa shape index (κ3) is 8.74. The number of hydrogen-bond acceptors (Lipinski definition) is 6. The van der Waals surface area contributed by atoms with Gasteiger partial charge in [0.2, 0.25) is 5.91 Å². The summed E-state index contributed by atoms with van der Waals surface area (Å²) in [6.07, 6.45) is -0.515. The number of carbonyl (C=O) groups excluding carboxylic acids is 1. The molecule has 1 fully saturated rings. The first-order chi connectivity index (χ1) is 16.0. The molecule has 1 N–H and O–H groups in total. The van der Waals surface area contributed by atoms with Crippen LogP contribution in [0.4, 0.5) is 4.39 Å². The van der Waals surface area contributed by atoms with Gasteiger partial charge in [-0.25, -0.2) is 4.39 Å². The fourth-order valence-corrected chi connectivity index (χ4v) is 3.78. The minimum atomic E-state index is -0.696. The van der Waals surface area contributed by atoms with Crippen molar-refractivity contribution in [3.05, 3.63) is 66.0 Å². The molecule has 0 unspecified atom stereocenters. The van der Waals surface area contributed by atoms with E-state index in [1.54, 1.807) is 12.0 Å². The number of aliphatic hydroxyl groups excluding tert-OH is 1. The Labute approximate surface area is 194 Å². The number of morpholine rings is 1. The van der Waals surface area contributed by atoms with Gasteiger partial charge in [0.15, 0.2) is 0 Å². The van der Waals surface area contributed by atoms with Crippen LogP contribution in [0.5, 0.6) is 5.75 Å².